The third kappa shape index (κ3) is 6.12. The molecule has 0 fully saturated rings. The Hall–Kier alpha value is -3.66. The summed E-state index contributed by atoms with van der Waals surface area (Å²) in [6, 6.07) is 21.2. The Morgan fingerprint density at radius 1 is 0.944 bits per heavy atom. The molecule has 184 valence electrons. The van der Waals surface area contributed by atoms with Gasteiger partial charge in [0.15, 0.2) is 23.8 Å². The molecular formula is C28H24INO6. The molecule has 0 unspecified atom stereocenters. The molecule has 1 aliphatic rings. The van der Waals surface area contributed by atoms with Gasteiger partial charge in [-0.05, 0) is 83.5 Å². The smallest absolute Gasteiger partial charge is 0.363 e. The lowest BCUT2D eigenvalue weighted by Crippen LogP contribution is -2.15. The Balaban J connectivity index is 1.57. The summed E-state index contributed by atoms with van der Waals surface area (Å²) in [5, 5.41) is 0. The molecule has 3 aromatic rings. The first-order valence-electron chi connectivity index (χ1n) is 11.4. The van der Waals surface area contributed by atoms with Crippen LogP contribution in [0.3, 0.4) is 0 Å². The standard InChI is InChI=1S/C28H24INO6/c1-3-33-24-16-18(14-22(29)26(24)35-17-25(31)34-4-2)15-23-28(32)36-27(30-23)21-12-10-20(11-13-21)19-8-6-5-7-9-19/h5-16H,3-4,17H2,1-2H3/b23-15-. The molecule has 0 radical (unpaired) electrons. The number of nitrogens with zero attached hydrogens (tertiary/aromatic N) is 1. The van der Waals surface area contributed by atoms with E-state index in [1.165, 1.54) is 0 Å². The van der Waals surface area contributed by atoms with Crippen molar-refractivity contribution in [1.29, 1.82) is 0 Å². The molecule has 0 saturated carbocycles. The van der Waals surface area contributed by atoms with E-state index >= 15 is 0 Å². The van der Waals surface area contributed by atoms with Crippen LogP contribution >= 0.6 is 22.6 Å². The molecule has 0 aliphatic carbocycles. The SMILES string of the molecule is CCOC(=O)COc1c(I)cc(/C=C2\N=C(c3ccc(-c4ccccc4)cc3)OC2=O)cc1OCC. The summed E-state index contributed by atoms with van der Waals surface area (Å²) in [6.45, 7) is 4.03. The maximum atomic E-state index is 12.5. The number of cyclic esters (lactones) is 1. The van der Waals surface area contributed by atoms with Gasteiger partial charge in [0.05, 0.1) is 16.8 Å². The number of halogens is 1. The van der Waals surface area contributed by atoms with Crippen molar-refractivity contribution in [3.05, 3.63) is 87.1 Å². The number of aliphatic imine (C=N–C) groups is 1. The summed E-state index contributed by atoms with van der Waals surface area (Å²) in [5.74, 6) is 0.138. The van der Waals surface area contributed by atoms with E-state index in [1.807, 2.05) is 67.6 Å². The number of ether oxygens (including phenoxy) is 4. The lowest BCUT2D eigenvalue weighted by molar-refractivity contribution is -0.145. The highest BCUT2D eigenvalue weighted by molar-refractivity contribution is 14.1. The van der Waals surface area contributed by atoms with E-state index in [2.05, 4.69) is 27.6 Å². The van der Waals surface area contributed by atoms with Gasteiger partial charge in [-0.2, -0.15) is 0 Å². The number of rotatable bonds is 9. The van der Waals surface area contributed by atoms with Crippen molar-refractivity contribution in [2.45, 2.75) is 13.8 Å². The van der Waals surface area contributed by atoms with Gasteiger partial charge in [-0.1, -0.05) is 42.5 Å². The summed E-state index contributed by atoms with van der Waals surface area (Å²) in [4.78, 5) is 28.7. The first kappa shape index (κ1) is 25.4. The van der Waals surface area contributed by atoms with E-state index in [0.29, 0.717) is 32.8 Å². The van der Waals surface area contributed by atoms with Crippen molar-refractivity contribution in [1.82, 2.24) is 0 Å². The molecule has 36 heavy (non-hydrogen) atoms. The summed E-state index contributed by atoms with van der Waals surface area (Å²) < 4.78 is 22.4. The summed E-state index contributed by atoms with van der Waals surface area (Å²) in [5.41, 5.74) is 3.73. The van der Waals surface area contributed by atoms with Crippen LogP contribution in [-0.4, -0.2) is 37.7 Å². The molecule has 8 heteroatoms. The topological polar surface area (TPSA) is 83.4 Å². The molecular weight excluding hydrogens is 573 g/mol. The predicted molar refractivity (Wildman–Crippen MR) is 145 cm³/mol. The molecule has 7 nitrogen and oxygen atoms in total. The van der Waals surface area contributed by atoms with E-state index in [9.17, 15) is 9.59 Å². The van der Waals surface area contributed by atoms with Gasteiger partial charge < -0.3 is 18.9 Å². The van der Waals surface area contributed by atoms with Gasteiger partial charge >= 0.3 is 11.9 Å². The van der Waals surface area contributed by atoms with Gasteiger partial charge in [-0.3, -0.25) is 0 Å². The highest BCUT2D eigenvalue weighted by atomic mass is 127. The lowest BCUT2D eigenvalue weighted by Gasteiger charge is -2.14. The van der Waals surface area contributed by atoms with Gasteiger partial charge in [-0.15, -0.1) is 0 Å². The molecule has 0 N–H and O–H groups in total. The van der Waals surface area contributed by atoms with E-state index in [-0.39, 0.29) is 24.8 Å². The van der Waals surface area contributed by atoms with Crippen molar-refractivity contribution < 1.29 is 28.5 Å². The zero-order valence-electron chi connectivity index (χ0n) is 19.8. The van der Waals surface area contributed by atoms with Crippen LogP contribution in [-0.2, 0) is 19.1 Å². The van der Waals surface area contributed by atoms with Gasteiger partial charge in [0.2, 0.25) is 5.90 Å². The minimum Gasteiger partial charge on any atom is -0.490 e. The van der Waals surface area contributed by atoms with Crippen LogP contribution in [0.25, 0.3) is 17.2 Å². The Kier molecular flexibility index (Phi) is 8.37. The number of hydrogen-bond donors (Lipinski definition) is 0. The van der Waals surface area contributed by atoms with Crippen LogP contribution in [0.1, 0.15) is 25.0 Å². The average molecular weight is 597 g/mol. The van der Waals surface area contributed by atoms with Crippen LogP contribution in [0, 0.1) is 3.57 Å². The Morgan fingerprint density at radius 3 is 2.33 bits per heavy atom. The van der Waals surface area contributed by atoms with Gasteiger partial charge in [0.25, 0.3) is 0 Å². The maximum absolute atomic E-state index is 12.5. The fourth-order valence-electron chi connectivity index (χ4n) is 3.53. The monoisotopic (exact) mass is 597 g/mol. The minimum absolute atomic E-state index is 0.176. The quantitative estimate of drug-likeness (QED) is 0.180. The van der Waals surface area contributed by atoms with Gasteiger partial charge in [-0.25, -0.2) is 14.6 Å². The van der Waals surface area contributed by atoms with E-state index in [4.69, 9.17) is 18.9 Å². The van der Waals surface area contributed by atoms with E-state index in [1.54, 1.807) is 19.1 Å². The van der Waals surface area contributed by atoms with Crippen molar-refractivity contribution in [3.8, 4) is 22.6 Å². The molecule has 0 saturated heterocycles. The second-order valence-corrected chi connectivity index (χ2v) is 8.80. The normalized spacial score (nSPS) is 13.8. The van der Waals surface area contributed by atoms with E-state index in [0.717, 1.165) is 11.1 Å². The fraction of sp³-hybridized carbons (Fsp3) is 0.179. The van der Waals surface area contributed by atoms with Crippen molar-refractivity contribution in [2.24, 2.45) is 4.99 Å². The number of carbonyl (C=O) groups is 2. The number of hydrogen-bond acceptors (Lipinski definition) is 7. The lowest BCUT2D eigenvalue weighted by atomic mass is 10.0. The summed E-state index contributed by atoms with van der Waals surface area (Å²) >= 11 is 2.09. The minimum atomic E-state index is -0.534. The van der Waals surface area contributed by atoms with E-state index < -0.39 is 11.9 Å². The Labute approximate surface area is 222 Å². The summed E-state index contributed by atoms with van der Waals surface area (Å²) in [7, 11) is 0. The molecule has 1 heterocycles. The van der Waals surface area contributed by atoms with Crippen LogP contribution in [0.2, 0.25) is 0 Å². The summed E-state index contributed by atoms with van der Waals surface area (Å²) in [6.07, 6.45) is 1.63. The zero-order chi connectivity index (χ0) is 25.5. The highest BCUT2D eigenvalue weighted by Crippen LogP contribution is 2.35. The second-order valence-electron chi connectivity index (χ2n) is 7.64. The molecule has 0 bridgehead atoms. The number of benzene rings is 3. The molecule has 1 aliphatic heterocycles. The van der Waals surface area contributed by atoms with Crippen molar-refractivity contribution in [2.75, 3.05) is 19.8 Å². The molecule has 0 spiro atoms. The zero-order valence-corrected chi connectivity index (χ0v) is 22.0. The fourth-order valence-corrected chi connectivity index (χ4v) is 4.32. The molecule has 0 atom stereocenters. The van der Waals surface area contributed by atoms with Gasteiger partial charge in [0, 0.05) is 5.56 Å². The second kappa shape index (κ2) is 11.9. The third-order valence-corrected chi connectivity index (χ3v) is 5.94. The van der Waals surface area contributed by atoms with Gasteiger partial charge in [0.1, 0.15) is 0 Å². The molecule has 4 rings (SSSR count). The predicted octanol–water partition coefficient (Wildman–Crippen LogP) is 5.64. The third-order valence-electron chi connectivity index (χ3n) is 5.13. The largest absolute Gasteiger partial charge is 0.490 e. The van der Waals surface area contributed by atoms with Crippen LogP contribution in [0.5, 0.6) is 11.5 Å². The Morgan fingerprint density at radius 2 is 1.64 bits per heavy atom. The molecule has 0 amide bonds. The average Bonchev–Trinajstić information content (AvgIpc) is 3.24. The van der Waals surface area contributed by atoms with Crippen LogP contribution < -0.4 is 9.47 Å². The van der Waals surface area contributed by atoms with Crippen LogP contribution in [0.15, 0.2) is 77.4 Å². The maximum Gasteiger partial charge on any atom is 0.363 e. The molecule has 0 aromatic heterocycles. The Bertz CT molecular complexity index is 1320. The van der Waals surface area contributed by atoms with Crippen molar-refractivity contribution >= 4 is 46.5 Å². The number of esters is 2. The molecule has 3 aromatic carbocycles. The highest BCUT2D eigenvalue weighted by Gasteiger charge is 2.25. The first-order chi connectivity index (χ1) is 17.5. The first-order valence-corrected chi connectivity index (χ1v) is 12.5. The number of carbonyl (C=O) groups excluding carboxylic acids is 2. The van der Waals surface area contributed by atoms with Crippen molar-refractivity contribution in [3.63, 3.8) is 0 Å². The van der Waals surface area contributed by atoms with Crippen LogP contribution in [0.4, 0.5) is 0 Å².